The Morgan fingerprint density at radius 2 is 2.21 bits per heavy atom. The highest BCUT2D eigenvalue weighted by molar-refractivity contribution is 8.26. The van der Waals surface area contributed by atoms with Gasteiger partial charge in [-0.15, -0.1) is 11.3 Å². The van der Waals surface area contributed by atoms with Crippen LogP contribution in [-0.4, -0.2) is 39.1 Å². The summed E-state index contributed by atoms with van der Waals surface area (Å²) in [4.78, 5) is 30.7. The first-order chi connectivity index (χ1) is 14.0. The van der Waals surface area contributed by atoms with E-state index < -0.39 is 0 Å². The van der Waals surface area contributed by atoms with Crippen molar-refractivity contribution in [2.75, 3.05) is 13.1 Å². The Labute approximate surface area is 180 Å². The highest BCUT2D eigenvalue weighted by Gasteiger charge is 2.33. The second-order valence-electron chi connectivity index (χ2n) is 6.39. The third-order valence-electron chi connectivity index (χ3n) is 4.44. The Kier molecular flexibility index (Phi) is 5.79. The number of carbonyl (C=O) groups excluding carboxylic acids is 2. The molecule has 4 rings (SSSR count). The minimum Gasteiger partial charge on any atom is -0.361 e. The van der Waals surface area contributed by atoms with E-state index in [1.165, 1.54) is 40.1 Å². The number of aromatic amines is 1. The lowest BCUT2D eigenvalue weighted by Gasteiger charge is -2.14. The fourth-order valence-electron chi connectivity index (χ4n) is 3.03. The van der Waals surface area contributed by atoms with Gasteiger partial charge in [-0.1, -0.05) is 30.0 Å². The number of carbonyl (C=O) groups is 2. The molecule has 0 spiro atoms. The van der Waals surface area contributed by atoms with Crippen LogP contribution in [0.3, 0.4) is 0 Å². The first-order valence-electron chi connectivity index (χ1n) is 8.82. The molecule has 9 heteroatoms. The number of nitrogens with zero attached hydrogens (tertiary/aromatic N) is 1. The third-order valence-corrected chi connectivity index (χ3v) is 6.63. The molecule has 3 aromatic rings. The monoisotopic (exact) mass is 445 g/mol. The van der Waals surface area contributed by atoms with Gasteiger partial charge in [-0.25, -0.2) is 4.39 Å². The van der Waals surface area contributed by atoms with Gasteiger partial charge in [0, 0.05) is 28.5 Å². The lowest BCUT2D eigenvalue weighted by atomic mass is 10.1. The molecule has 0 saturated carbocycles. The highest BCUT2D eigenvalue weighted by Crippen LogP contribution is 2.33. The molecule has 1 aliphatic heterocycles. The molecule has 0 bridgehead atoms. The molecule has 1 aromatic carbocycles. The molecular weight excluding hydrogens is 429 g/mol. The van der Waals surface area contributed by atoms with Gasteiger partial charge in [0.05, 0.1) is 4.91 Å². The average molecular weight is 446 g/mol. The first kappa shape index (κ1) is 19.8. The van der Waals surface area contributed by atoms with Gasteiger partial charge >= 0.3 is 0 Å². The molecule has 1 saturated heterocycles. The summed E-state index contributed by atoms with van der Waals surface area (Å²) in [6.45, 7) is 0.261. The Balaban J connectivity index is 1.33. The number of H-pyrrole nitrogens is 1. The predicted molar refractivity (Wildman–Crippen MR) is 119 cm³/mol. The number of nitrogens with one attached hydrogen (secondary N) is 2. The minimum absolute atomic E-state index is 0.116. The molecule has 2 aromatic heterocycles. The number of thiophene rings is 1. The van der Waals surface area contributed by atoms with Gasteiger partial charge in [0.1, 0.15) is 16.7 Å². The quantitative estimate of drug-likeness (QED) is 0.446. The molecule has 2 amide bonds. The summed E-state index contributed by atoms with van der Waals surface area (Å²) in [6.07, 6.45) is 4.15. The maximum Gasteiger partial charge on any atom is 0.266 e. The minimum atomic E-state index is -0.299. The highest BCUT2D eigenvalue weighted by atomic mass is 32.2. The zero-order valence-corrected chi connectivity index (χ0v) is 17.6. The van der Waals surface area contributed by atoms with Crippen molar-refractivity contribution in [2.24, 2.45) is 0 Å². The molecule has 1 aliphatic rings. The van der Waals surface area contributed by atoms with Crippen molar-refractivity contribution >= 4 is 68.4 Å². The van der Waals surface area contributed by atoms with Gasteiger partial charge in [-0.05, 0) is 47.7 Å². The van der Waals surface area contributed by atoms with Crippen LogP contribution in [0, 0.1) is 5.82 Å². The van der Waals surface area contributed by atoms with Gasteiger partial charge in [-0.2, -0.15) is 0 Å². The van der Waals surface area contributed by atoms with Gasteiger partial charge in [0.2, 0.25) is 5.91 Å². The van der Waals surface area contributed by atoms with E-state index in [4.69, 9.17) is 12.2 Å². The van der Waals surface area contributed by atoms with Crippen LogP contribution >= 0.6 is 35.3 Å². The second kappa shape index (κ2) is 8.48. The molecule has 0 aliphatic carbocycles. The summed E-state index contributed by atoms with van der Waals surface area (Å²) < 4.78 is 13.8. The van der Waals surface area contributed by atoms with Gasteiger partial charge in [0.15, 0.2) is 0 Å². The van der Waals surface area contributed by atoms with E-state index in [2.05, 4.69) is 10.3 Å². The fraction of sp³-hybridized carbons (Fsp3) is 0.150. The standard InChI is InChI=1S/C20H16FN3O2S3/c21-13-3-4-16-15(8-13)12(10-23-16)5-6-22-18(25)11-24-19(26)17(29-20(24)27)9-14-2-1-7-28-14/h1-4,7-10,23H,5-6,11H2,(H,22,25). The van der Waals surface area contributed by atoms with Crippen LogP contribution in [0.15, 0.2) is 46.8 Å². The van der Waals surface area contributed by atoms with E-state index in [1.54, 1.807) is 12.1 Å². The molecule has 0 unspecified atom stereocenters. The Morgan fingerprint density at radius 3 is 3.00 bits per heavy atom. The lowest BCUT2D eigenvalue weighted by molar-refractivity contribution is -0.128. The summed E-state index contributed by atoms with van der Waals surface area (Å²) >= 11 is 8.00. The van der Waals surface area contributed by atoms with Crippen molar-refractivity contribution < 1.29 is 14.0 Å². The Morgan fingerprint density at radius 1 is 1.34 bits per heavy atom. The molecule has 0 atom stereocenters. The van der Waals surface area contributed by atoms with Crippen LogP contribution < -0.4 is 5.32 Å². The zero-order chi connectivity index (χ0) is 20.4. The molecule has 1 fully saturated rings. The number of halogens is 1. The molecule has 5 nitrogen and oxygen atoms in total. The van der Waals surface area contributed by atoms with E-state index >= 15 is 0 Å². The van der Waals surface area contributed by atoms with E-state index in [0.29, 0.717) is 22.2 Å². The second-order valence-corrected chi connectivity index (χ2v) is 9.04. The number of hydrogen-bond acceptors (Lipinski definition) is 5. The summed E-state index contributed by atoms with van der Waals surface area (Å²) in [7, 11) is 0. The van der Waals surface area contributed by atoms with Crippen molar-refractivity contribution in [2.45, 2.75) is 6.42 Å². The van der Waals surface area contributed by atoms with Crippen LogP contribution in [0.25, 0.3) is 17.0 Å². The smallest absolute Gasteiger partial charge is 0.266 e. The molecule has 29 heavy (non-hydrogen) atoms. The van der Waals surface area contributed by atoms with Crippen molar-refractivity contribution in [1.29, 1.82) is 0 Å². The molecule has 3 heterocycles. The maximum absolute atomic E-state index is 13.5. The van der Waals surface area contributed by atoms with Crippen molar-refractivity contribution in [3.63, 3.8) is 0 Å². The van der Waals surface area contributed by atoms with E-state index in [9.17, 15) is 14.0 Å². The number of thiocarbonyl (C=S) groups is 1. The van der Waals surface area contributed by atoms with Crippen molar-refractivity contribution in [3.8, 4) is 0 Å². The van der Waals surface area contributed by atoms with E-state index in [1.807, 2.05) is 23.7 Å². The number of amides is 2. The van der Waals surface area contributed by atoms with Gasteiger partial charge in [-0.3, -0.25) is 14.5 Å². The first-order valence-corrected chi connectivity index (χ1v) is 10.9. The van der Waals surface area contributed by atoms with Gasteiger partial charge in [0.25, 0.3) is 5.91 Å². The van der Waals surface area contributed by atoms with Crippen molar-refractivity contribution in [1.82, 2.24) is 15.2 Å². The van der Waals surface area contributed by atoms with Gasteiger partial charge < -0.3 is 10.3 Å². The summed E-state index contributed by atoms with van der Waals surface area (Å²) in [5.41, 5.74) is 1.77. The number of thioether (sulfide) groups is 1. The third kappa shape index (κ3) is 4.42. The number of hydrogen-bond donors (Lipinski definition) is 2. The van der Waals surface area contributed by atoms with Crippen LogP contribution in [-0.2, 0) is 16.0 Å². The number of benzene rings is 1. The Bertz CT molecular complexity index is 1120. The normalized spacial score (nSPS) is 15.6. The predicted octanol–water partition coefficient (Wildman–Crippen LogP) is 3.93. The average Bonchev–Trinajstić information content (AvgIpc) is 3.40. The number of fused-ring (bicyclic) bond motifs is 1. The number of rotatable bonds is 6. The van der Waals surface area contributed by atoms with Crippen LogP contribution in [0.4, 0.5) is 4.39 Å². The maximum atomic E-state index is 13.5. The lowest BCUT2D eigenvalue weighted by Crippen LogP contribution is -2.40. The number of aromatic nitrogens is 1. The summed E-state index contributed by atoms with van der Waals surface area (Å²) in [5, 5.41) is 5.54. The van der Waals surface area contributed by atoms with Crippen molar-refractivity contribution in [3.05, 3.63) is 63.1 Å². The van der Waals surface area contributed by atoms with E-state index in [-0.39, 0.29) is 24.2 Å². The van der Waals surface area contributed by atoms with Crippen LogP contribution in [0.5, 0.6) is 0 Å². The van der Waals surface area contributed by atoms with Crippen LogP contribution in [0.2, 0.25) is 0 Å². The largest absolute Gasteiger partial charge is 0.361 e. The molecule has 2 N–H and O–H groups in total. The van der Waals surface area contributed by atoms with E-state index in [0.717, 1.165) is 21.3 Å². The molecule has 0 radical (unpaired) electrons. The topological polar surface area (TPSA) is 65.2 Å². The summed E-state index contributed by atoms with van der Waals surface area (Å²) in [5.74, 6) is -0.840. The SMILES string of the molecule is O=C(CN1C(=O)C(=Cc2cccs2)SC1=S)NCCc1c[nH]c2ccc(F)cc12. The fourth-order valence-corrected chi connectivity index (χ4v) is 5.01. The molecule has 148 valence electrons. The summed E-state index contributed by atoms with van der Waals surface area (Å²) in [6, 6.07) is 8.39. The molecular formula is C20H16FN3O2S3. The zero-order valence-electron chi connectivity index (χ0n) is 15.1. The van der Waals surface area contributed by atoms with Crippen LogP contribution in [0.1, 0.15) is 10.4 Å². The Hall–Kier alpha value is -2.49.